The van der Waals surface area contributed by atoms with Crippen molar-refractivity contribution in [1.82, 2.24) is 5.32 Å². The maximum atomic E-state index is 5.70. The number of hydrogen-bond donors (Lipinski definition) is 1. The summed E-state index contributed by atoms with van der Waals surface area (Å²) in [6.45, 7) is 4.83. The van der Waals surface area contributed by atoms with E-state index in [2.05, 4.69) is 12.2 Å². The van der Waals surface area contributed by atoms with Crippen LogP contribution in [0.25, 0.3) is 0 Å². The largest absolute Gasteiger partial charge is 0.381 e. The monoisotopic (exact) mass is 270 g/mol. The molecule has 0 aromatic heterocycles. The van der Waals surface area contributed by atoms with Crippen molar-refractivity contribution in [3.63, 3.8) is 0 Å². The lowest BCUT2D eigenvalue weighted by molar-refractivity contribution is 0.0554. The Kier molecular flexibility index (Phi) is 3.82. The van der Waals surface area contributed by atoms with Gasteiger partial charge in [0.05, 0.1) is 17.7 Å². The zero-order valence-electron chi connectivity index (χ0n) is 11.0. The standard InChI is InChI=1S/C13H22N2O2S/c1-10(11-3-2-6-17-11)14-12-15-13(9-18-12)4-7-16-8-5-13/h10-11H,2-9H2,1H3,(H,14,15). The van der Waals surface area contributed by atoms with E-state index < -0.39 is 0 Å². The first-order valence-electron chi connectivity index (χ1n) is 6.96. The summed E-state index contributed by atoms with van der Waals surface area (Å²) in [6.07, 6.45) is 4.87. The normalized spacial score (nSPS) is 34.9. The molecule has 2 atom stereocenters. The van der Waals surface area contributed by atoms with Crippen molar-refractivity contribution in [3.8, 4) is 0 Å². The fourth-order valence-corrected chi connectivity index (χ4v) is 4.16. The topological polar surface area (TPSA) is 42.9 Å². The summed E-state index contributed by atoms with van der Waals surface area (Å²) in [6, 6.07) is 0.275. The van der Waals surface area contributed by atoms with Gasteiger partial charge in [-0.1, -0.05) is 11.8 Å². The number of hydrogen-bond acceptors (Lipinski definition) is 4. The molecule has 0 radical (unpaired) electrons. The fourth-order valence-electron chi connectivity index (χ4n) is 2.86. The van der Waals surface area contributed by atoms with Crippen LogP contribution in [0.1, 0.15) is 32.6 Å². The third-order valence-corrected chi connectivity index (χ3v) is 5.31. The van der Waals surface area contributed by atoms with E-state index in [-0.39, 0.29) is 11.6 Å². The first-order valence-corrected chi connectivity index (χ1v) is 7.94. The van der Waals surface area contributed by atoms with Gasteiger partial charge in [-0.25, -0.2) is 0 Å². The van der Waals surface area contributed by atoms with Gasteiger partial charge in [-0.3, -0.25) is 4.99 Å². The number of rotatable bonds is 2. The van der Waals surface area contributed by atoms with Crippen LogP contribution in [0.4, 0.5) is 0 Å². The summed E-state index contributed by atoms with van der Waals surface area (Å²) in [5.74, 6) is 1.13. The average Bonchev–Trinajstić information content (AvgIpc) is 3.01. The Balaban J connectivity index is 1.60. The van der Waals surface area contributed by atoms with Gasteiger partial charge in [0, 0.05) is 25.6 Å². The molecule has 0 bridgehead atoms. The molecule has 3 rings (SSSR count). The highest BCUT2D eigenvalue weighted by atomic mass is 32.2. The third-order valence-electron chi connectivity index (χ3n) is 4.13. The van der Waals surface area contributed by atoms with Crippen LogP contribution < -0.4 is 5.32 Å². The molecule has 1 N–H and O–H groups in total. The summed E-state index contributed by atoms with van der Waals surface area (Å²) >= 11 is 1.86. The van der Waals surface area contributed by atoms with Crippen molar-refractivity contribution in [2.75, 3.05) is 25.6 Å². The van der Waals surface area contributed by atoms with E-state index in [0.29, 0.717) is 6.10 Å². The molecule has 2 unspecified atom stereocenters. The quantitative estimate of drug-likeness (QED) is 0.831. The molecule has 1 spiro atoms. The van der Waals surface area contributed by atoms with E-state index >= 15 is 0 Å². The summed E-state index contributed by atoms with van der Waals surface area (Å²) in [5.41, 5.74) is 0.248. The average molecular weight is 270 g/mol. The van der Waals surface area contributed by atoms with Crippen LogP contribution in [0, 0.1) is 0 Å². The Hall–Kier alpha value is -0.260. The molecule has 3 aliphatic heterocycles. The van der Waals surface area contributed by atoms with Crippen molar-refractivity contribution >= 4 is 16.9 Å². The van der Waals surface area contributed by atoms with E-state index in [1.54, 1.807) is 0 Å². The second kappa shape index (κ2) is 5.39. The molecule has 0 amide bonds. The van der Waals surface area contributed by atoms with Gasteiger partial charge in [-0.05, 0) is 32.6 Å². The maximum Gasteiger partial charge on any atom is 0.157 e. The van der Waals surface area contributed by atoms with Gasteiger partial charge in [-0.2, -0.15) is 0 Å². The predicted molar refractivity (Wildman–Crippen MR) is 74.2 cm³/mol. The summed E-state index contributed by atoms with van der Waals surface area (Å²) in [7, 11) is 0. The Morgan fingerprint density at radius 2 is 2.22 bits per heavy atom. The Bertz CT molecular complexity index is 323. The number of ether oxygens (including phenoxy) is 2. The van der Waals surface area contributed by atoms with Crippen molar-refractivity contribution < 1.29 is 9.47 Å². The van der Waals surface area contributed by atoms with Crippen LogP contribution in [0.15, 0.2) is 4.99 Å². The van der Waals surface area contributed by atoms with Crippen molar-refractivity contribution in [2.45, 2.75) is 50.3 Å². The first kappa shape index (κ1) is 12.8. The van der Waals surface area contributed by atoms with Gasteiger partial charge in [-0.15, -0.1) is 0 Å². The molecule has 0 aromatic carbocycles. The molecule has 18 heavy (non-hydrogen) atoms. The number of aliphatic imine (C=N–C) groups is 1. The molecule has 4 nitrogen and oxygen atoms in total. The lowest BCUT2D eigenvalue weighted by atomic mass is 9.93. The molecule has 0 aliphatic carbocycles. The van der Waals surface area contributed by atoms with Gasteiger partial charge in [0.25, 0.3) is 0 Å². The zero-order chi connectivity index (χ0) is 12.4. The van der Waals surface area contributed by atoms with Crippen LogP contribution in [0.2, 0.25) is 0 Å². The van der Waals surface area contributed by atoms with Crippen LogP contribution in [-0.2, 0) is 9.47 Å². The van der Waals surface area contributed by atoms with Crippen LogP contribution >= 0.6 is 11.8 Å². The zero-order valence-corrected chi connectivity index (χ0v) is 11.8. The molecular formula is C13H22N2O2S. The minimum atomic E-state index is 0.248. The smallest absolute Gasteiger partial charge is 0.157 e. The minimum absolute atomic E-state index is 0.248. The van der Waals surface area contributed by atoms with Gasteiger partial charge >= 0.3 is 0 Å². The number of nitrogens with one attached hydrogen (secondary N) is 1. The van der Waals surface area contributed by atoms with E-state index in [1.807, 2.05) is 11.8 Å². The van der Waals surface area contributed by atoms with E-state index in [9.17, 15) is 0 Å². The Labute approximate surface area is 113 Å². The second-order valence-electron chi connectivity index (χ2n) is 5.53. The highest BCUT2D eigenvalue weighted by molar-refractivity contribution is 8.14. The lowest BCUT2D eigenvalue weighted by Gasteiger charge is -2.32. The highest BCUT2D eigenvalue weighted by Crippen LogP contribution is 2.32. The predicted octanol–water partition coefficient (Wildman–Crippen LogP) is 1.80. The van der Waals surface area contributed by atoms with Crippen LogP contribution in [0.5, 0.6) is 0 Å². The van der Waals surface area contributed by atoms with E-state index in [0.717, 1.165) is 50.0 Å². The molecule has 3 heterocycles. The van der Waals surface area contributed by atoms with E-state index in [4.69, 9.17) is 14.5 Å². The van der Waals surface area contributed by atoms with Crippen LogP contribution in [0.3, 0.4) is 0 Å². The van der Waals surface area contributed by atoms with Crippen LogP contribution in [-0.4, -0.2) is 48.4 Å². The van der Waals surface area contributed by atoms with Crippen molar-refractivity contribution in [1.29, 1.82) is 0 Å². The molecule has 3 saturated heterocycles. The number of amidine groups is 1. The third kappa shape index (κ3) is 2.68. The number of nitrogens with zero attached hydrogens (tertiary/aromatic N) is 1. The molecule has 0 aromatic rings. The first-order chi connectivity index (χ1) is 8.77. The molecule has 0 saturated carbocycles. The molecular weight excluding hydrogens is 248 g/mol. The maximum absolute atomic E-state index is 5.70. The molecule has 3 aliphatic rings. The molecule has 102 valence electrons. The second-order valence-corrected chi connectivity index (χ2v) is 6.50. The Morgan fingerprint density at radius 3 is 2.94 bits per heavy atom. The van der Waals surface area contributed by atoms with Gasteiger partial charge < -0.3 is 14.8 Å². The SMILES string of the molecule is CC(N=C1NC2(CCOCC2)CS1)C1CCCO1. The van der Waals surface area contributed by atoms with Gasteiger partial charge in [0.1, 0.15) is 0 Å². The summed E-state index contributed by atoms with van der Waals surface area (Å²) in [4.78, 5) is 4.81. The van der Waals surface area contributed by atoms with E-state index in [1.165, 1.54) is 6.42 Å². The lowest BCUT2D eigenvalue weighted by Crippen LogP contribution is -2.48. The molecule has 3 fully saturated rings. The number of thioether (sulfide) groups is 1. The van der Waals surface area contributed by atoms with Crippen molar-refractivity contribution in [3.05, 3.63) is 0 Å². The Morgan fingerprint density at radius 1 is 1.39 bits per heavy atom. The van der Waals surface area contributed by atoms with Gasteiger partial charge in [0.2, 0.25) is 0 Å². The highest BCUT2D eigenvalue weighted by Gasteiger charge is 2.39. The fraction of sp³-hybridized carbons (Fsp3) is 0.923. The molecule has 5 heteroatoms. The van der Waals surface area contributed by atoms with Gasteiger partial charge in [0.15, 0.2) is 5.17 Å². The summed E-state index contributed by atoms with van der Waals surface area (Å²) < 4.78 is 11.1. The summed E-state index contributed by atoms with van der Waals surface area (Å²) in [5, 5.41) is 4.75. The van der Waals surface area contributed by atoms with Crippen molar-refractivity contribution in [2.24, 2.45) is 4.99 Å². The minimum Gasteiger partial charge on any atom is -0.381 e.